The molecule has 5 nitrogen and oxygen atoms in total. The summed E-state index contributed by atoms with van der Waals surface area (Å²) >= 11 is -0.297. The summed E-state index contributed by atoms with van der Waals surface area (Å²) < 4.78 is 16.9. The molecule has 3 fully saturated rings. The fraction of sp³-hybridized carbons (Fsp3) is 0.375. The number of benzene rings is 2. The Morgan fingerprint density at radius 1 is 1.18 bits per heavy atom. The van der Waals surface area contributed by atoms with E-state index in [9.17, 15) is 15.2 Å². The number of nitrogens with zero attached hydrogens (tertiary/aromatic N) is 1. The Kier molecular flexibility index (Phi) is 6.38. The number of ether oxygens (including phenoxy) is 2. The van der Waals surface area contributed by atoms with E-state index in [4.69, 9.17) is 9.47 Å². The molecule has 2 aromatic rings. The Hall–Kier alpha value is -3.05. The van der Waals surface area contributed by atoms with Gasteiger partial charge in [-0.2, -0.15) is 5.26 Å². The van der Waals surface area contributed by atoms with Gasteiger partial charge in [0.1, 0.15) is 6.10 Å². The van der Waals surface area contributed by atoms with E-state index in [1.54, 1.807) is 0 Å². The van der Waals surface area contributed by atoms with Crippen molar-refractivity contribution >= 4 is 5.97 Å². The number of rotatable bonds is 7. The van der Waals surface area contributed by atoms with Crippen LogP contribution in [0.5, 0.6) is 5.75 Å². The molecule has 196 valence electrons. The summed E-state index contributed by atoms with van der Waals surface area (Å²) in [6.07, 6.45) is 4.66. The van der Waals surface area contributed by atoms with Crippen molar-refractivity contribution in [1.82, 2.24) is 0 Å². The SMILES string of the molecule is Cc1cc(OC2CC(C)(C#N)C2)cc(C)c1-c1cccc(COC2=C[I-]C=C3C(=C2)C[C@H]2C(C(=O)O)C32)c1. The summed E-state index contributed by atoms with van der Waals surface area (Å²) in [5.74, 6) is 1.45. The average molecular weight is 621 g/mol. The number of nitriles is 1. The minimum atomic E-state index is -0.652. The summed E-state index contributed by atoms with van der Waals surface area (Å²) in [6.45, 7) is 6.73. The molecule has 0 amide bonds. The Bertz CT molecular complexity index is 1430. The standard InChI is InChI=1S/C32H31INO4/c1-18-7-23(38-25-12-32(3,13-25)17-34)8-19(2)28(18)21-6-4-5-20(9-21)16-37-24-10-22-11-26-29(30(26)31(35)36)27(22)15-33-14-24/h4-10,14-15,25-26,29-30H,11-13,16H2,1-3H3,(H,35,36)/q-1/t25?,26-,29?,30?,32?/m1/s1. The van der Waals surface area contributed by atoms with E-state index in [1.807, 2.05) is 6.92 Å². The van der Waals surface area contributed by atoms with Crippen LogP contribution >= 0.6 is 0 Å². The summed E-state index contributed by atoms with van der Waals surface area (Å²) in [7, 11) is 0. The van der Waals surface area contributed by atoms with E-state index in [-0.39, 0.29) is 50.5 Å². The van der Waals surface area contributed by atoms with Gasteiger partial charge in [0.25, 0.3) is 0 Å². The second-order valence-electron chi connectivity index (χ2n) is 11.4. The third-order valence-electron chi connectivity index (χ3n) is 8.36. The molecule has 2 aromatic carbocycles. The zero-order valence-corrected chi connectivity index (χ0v) is 24.0. The van der Waals surface area contributed by atoms with Gasteiger partial charge in [-0.15, -0.1) is 0 Å². The molecule has 4 aliphatic rings. The van der Waals surface area contributed by atoms with Crippen LogP contribution in [0.25, 0.3) is 11.1 Å². The first-order valence-electron chi connectivity index (χ1n) is 13.1. The summed E-state index contributed by atoms with van der Waals surface area (Å²) in [5.41, 5.74) is 8.10. The predicted octanol–water partition coefficient (Wildman–Crippen LogP) is 3.66. The first-order chi connectivity index (χ1) is 18.2. The number of allylic oxidation sites excluding steroid dienone is 3. The first-order valence-corrected chi connectivity index (χ1v) is 15.6. The first kappa shape index (κ1) is 25.2. The molecule has 0 bridgehead atoms. The molecule has 0 saturated heterocycles. The number of hydrogen-bond acceptors (Lipinski definition) is 4. The second kappa shape index (κ2) is 9.60. The zero-order valence-electron chi connectivity index (χ0n) is 21.8. The molecule has 3 saturated carbocycles. The fourth-order valence-electron chi connectivity index (χ4n) is 6.44. The van der Waals surface area contributed by atoms with Crippen LogP contribution in [0.2, 0.25) is 0 Å². The van der Waals surface area contributed by atoms with Gasteiger partial charge < -0.3 is 0 Å². The summed E-state index contributed by atoms with van der Waals surface area (Å²) in [6, 6.07) is 15.1. The number of aliphatic carboxylic acids is 1. The van der Waals surface area contributed by atoms with Crippen molar-refractivity contribution in [2.75, 3.05) is 0 Å². The fourth-order valence-corrected chi connectivity index (χ4v) is 8.54. The number of halogens is 1. The normalized spacial score (nSPS) is 29.1. The van der Waals surface area contributed by atoms with Gasteiger partial charge in [0, 0.05) is 12.8 Å². The molecule has 0 spiro atoms. The molecule has 1 N–H and O–H groups in total. The van der Waals surface area contributed by atoms with E-state index < -0.39 is 5.97 Å². The van der Waals surface area contributed by atoms with Crippen LogP contribution in [0.3, 0.4) is 0 Å². The molecule has 38 heavy (non-hydrogen) atoms. The molecule has 2 unspecified atom stereocenters. The average Bonchev–Trinajstić information content (AvgIpc) is 3.52. The minimum absolute atomic E-state index is 0.111. The van der Waals surface area contributed by atoms with Gasteiger partial charge in [-0.1, -0.05) is 0 Å². The Morgan fingerprint density at radius 3 is 2.66 bits per heavy atom. The molecular weight excluding hydrogens is 589 g/mol. The monoisotopic (exact) mass is 620 g/mol. The molecule has 6 heteroatoms. The van der Waals surface area contributed by atoms with Gasteiger partial charge in [0.15, 0.2) is 0 Å². The molecular formula is C32H31INO4-. The van der Waals surface area contributed by atoms with Gasteiger partial charge >= 0.3 is 192 Å². The van der Waals surface area contributed by atoms with Crippen molar-refractivity contribution in [2.45, 2.75) is 52.7 Å². The Morgan fingerprint density at radius 2 is 1.95 bits per heavy atom. The van der Waals surface area contributed by atoms with E-state index in [0.717, 1.165) is 41.9 Å². The topological polar surface area (TPSA) is 79.5 Å². The van der Waals surface area contributed by atoms with E-state index in [0.29, 0.717) is 6.61 Å². The maximum absolute atomic E-state index is 11.4. The van der Waals surface area contributed by atoms with Crippen LogP contribution in [-0.2, 0) is 16.1 Å². The van der Waals surface area contributed by atoms with Gasteiger partial charge in [-0.05, 0) is 6.92 Å². The predicted molar refractivity (Wildman–Crippen MR) is 140 cm³/mol. The molecule has 6 rings (SSSR count). The van der Waals surface area contributed by atoms with Crippen LogP contribution in [0.4, 0.5) is 0 Å². The summed E-state index contributed by atoms with van der Waals surface area (Å²) in [5, 5.41) is 18.7. The Balaban J connectivity index is 1.12. The van der Waals surface area contributed by atoms with E-state index in [1.165, 1.54) is 27.8 Å². The molecule has 3 aliphatic carbocycles. The van der Waals surface area contributed by atoms with Crippen molar-refractivity contribution < 1.29 is 40.6 Å². The molecule has 0 aromatic heterocycles. The number of carboxylic acid groups (broad SMARTS) is 1. The van der Waals surface area contributed by atoms with E-state index in [2.05, 4.69) is 70.6 Å². The molecule has 3 atom stereocenters. The van der Waals surface area contributed by atoms with Gasteiger partial charge in [-0.25, -0.2) is 0 Å². The number of hydrogen-bond donors (Lipinski definition) is 1. The Labute approximate surface area is 234 Å². The van der Waals surface area contributed by atoms with Crippen molar-refractivity contribution in [2.24, 2.45) is 23.2 Å². The van der Waals surface area contributed by atoms with Gasteiger partial charge in [-0.3, -0.25) is 0 Å². The molecule has 1 heterocycles. The number of fused-ring (bicyclic) bond motifs is 3. The van der Waals surface area contributed by atoms with Crippen LogP contribution in [0.1, 0.15) is 42.9 Å². The maximum atomic E-state index is 11.4. The van der Waals surface area contributed by atoms with Crippen molar-refractivity contribution in [3.05, 3.63) is 84.2 Å². The quantitative estimate of drug-likeness (QED) is 0.479. The van der Waals surface area contributed by atoms with Crippen LogP contribution < -0.4 is 25.9 Å². The van der Waals surface area contributed by atoms with Crippen molar-refractivity contribution in [3.8, 4) is 22.9 Å². The van der Waals surface area contributed by atoms with Crippen molar-refractivity contribution in [1.29, 1.82) is 5.26 Å². The van der Waals surface area contributed by atoms with E-state index >= 15 is 0 Å². The van der Waals surface area contributed by atoms with Gasteiger partial charge in [0.05, 0.1) is 11.5 Å². The van der Waals surface area contributed by atoms with Crippen LogP contribution in [0, 0.1) is 48.3 Å². The third kappa shape index (κ3) is 4.66. The van der Waals surface area contributed by atoms with Crippen LogP contribution in [-0.4, -0.2) is 17.2 Å². The van der Waals surface area contributed by atoms with Crippen LogP contribution in [0.15, 0.2) is 67.5 Å². The molecule has 1 aliphatic heterocycles. The summed E-state index contributed by atoms with van der Waals surface area (Å²) in [4.78, 5) is 11.4. The second-order valence-corrected chi connectivity index (χ2v) is 13.3. The number of aryl methyl sites for hydroxylation is 2. The number of carboxylic acids is 1. The van der Waals surface area contributed by atoms with Gasteiger partial charge in [0.2, 0.25) is 0 Å². The molecule has 0 radical (unpaired) electrons. The zero-order chi connectivity index (χ0) is 26.6. The number of carbonyl (C=O) groups is 1. The third-order valence-corrected chi connectivity index (χ3v) is 10.4. The van der Waals surface area contributed by atoms with Crippen molar-refractivity contribution in [3.63, 3.8) is 0 Å².